The number of Topliss-reactive ketones (excluding diaryl/α,β-unsaturated/α-hetero) is 1. The third kappa shape index (κ3) is 4.91. The first-order chi connectivity index (χ1) is 13.8. The summed E-state index contributed by atoms with van der Waals surface area (Å²) in [5.74, 6) is 0.0645. The Morgan fingerprint density at radius 2 is 2.03 bits per heavy atom. The fourth-order valence-electron chi connectivity index (χ4n) is 3.51. The Balaban J connectivity index is 1.88. The van der Waals surface area contributed by atoms with Crippen molar-refractivity contribution in [1.82, 2.24) is 20.3 Å². The summed E-state index contributed by atoms with van der Waals surface area (Å²) in [7, 11) is 0. The van der Waals surface area contributed by atoms with Gasteiger partial charge in [-0.25, -0.2) is 9.97 Å². The maximum Gasteiger partial charge on any atom is 0.171 e. The van der Waals surface area contributed by atoms with E-state index in [1.54, 1.807) is 12.4 Å². The van der Waals surface area contributed by atoms with Crippen LogP contribution in [0.3, 0.4) is 0 Å². The zero-order valence-electron chi connectivity index (χ0n) is 18.2. The van der Waals surface area contributed by atoms with Crippen molar-refractivity contribution in [3.05, 3.63) is 47.8 Å². The highest BCUT2D eigenvalue weighted by Gasteiger charge is 2.26. The lowest BCUT2D eigenvalue weighted by molar-refractivity contribution is 0.0860. The van der Waals surface area contributed by atoms with Crippen LogP contribution in [0.5, 0.6) is 0 Å². The smallest absolute Gasteiger partial charge is 0.171 e. The molecule has 0 fully saturated rings. The summed E-state index contributed by atoms with van der Waals surface area (Å²) < 4.78 is 0. The van der Waals surface area contributed by atoms with Gasteiger partial charge in [-0.3, -0.25) is 4.79 Å². The van der Waals surface area contributed by atoms with E-state index in [0.29, 0.717) is 22.8 Å². The van der Waals surface area contributed by atoms with Crippen molar-refractivity contribution in [2.24, 2.45) is 5.41 Å². The summed E-state index contributed by atoms with van der Waals surface area (Å²) in [6.45, 7) is 11.0. The van der Waals surface area contributed by atoms with Gasteiger partial charge in [-0.15, -0.1) is 0 Å². The first kappa shape index (κ1) is 21.2. The summed E-state index contributed by atoms with van der Waals surface area (Å²) in [5.41, 5.74) is 4.43. The lowest BCUT2D eigenvalue weighted by Crippen LogP contribution is -2.27. The van der Waals surface area contributed by atoms with Gasteiger partial charge >= 0.3 is 0 Å². The molecule has 2 aromatic heterocycles. The second-order valence-corrected chi connectivity index (χ2v) is 8.71. The summed E-state index contributed by atoms with van der Waals surface area (Å²) in [6.07, 6.45) is 7.00. The van der Waals surface area contributed by atoms with Crippen LogP contribution in [-0.4, -0.2) is 26.8 Å². The molecular formula is C24H32N4O. The van der Waals surface area contributed by atoms with E-state index in [2.05, 4.69) is 47.3 Å². The number of fused-ring (bicyclic) bond motifs is 1. The molecule has 0 radical (unpaired) electrons. The summed E-state index contributed by atoms with van der Waals surface area (Å²) in [4.78, 5) is 25.1. The SMILES string of the molecule is CCCC(CC)NCc1cccc(-c2cnc3[nH]cc(C(=O)C(C)(C)C)c3n2)c1. The number of nitrogens with zero attached hydrogens (tertiary/aromatic N) is 2. The molecule has 0 bridgehead atoms. The molecule has 0 aliphatic rings. The number of rotatable bonds is 8. The van der Waals surface area contributed by atoms with E-state index < -0.39 is 5.41 Å². The van der Waals surface area contributed by atoms with Crippen molar-refractivity contribution in [2.45, 2.75) is 66.5 Å². The average molecular weight is 393 g/mol. The molecule has 0 spiro atoms. The number of nitrogens with one attached hydrogen (secondary N) is 2. The van der Waals surface area contributed by atoms with Gasteiger partial charge in [0.05, 0.1) is 17.5 Å². The molecule has 1 aromatic carbocycles. The Kier molecular flexibility index (Phi) is 6.48. The first-order valence-electron chi connectivity index (χ1n) is 10.5. The molecule has 0 saturated carbocycles. The molecule has 5 nitrogen and oxygen atoms in total. The van der Waals surface area contributed by atoms with Gasteiger partial charge in [0.25, 0.3) is 0 Å². The van der Waals surface area contributed by atoms with Crippen LogP contribution in [-0.2, 0) is 6.54 Å². The highest BCUT2D eigenvalue weighted by molar-refractivity contribution is 6.08. The normalized spacial score (nSPS) is 13.0. The number of hydrogen-bond donors (Lipinski definition) is 2. The van der Waals surface area contributed by atoms with Gasteiger partial charge in [0.1, 0.15) is 5.52 Å². The van der Waals surface area contributed by atoms with Gasteiger partial charge in [-0.2, -0.15) is 0 Å². The van der Waals surface area contributed by atoms with Gasteiger partial charge in [-0.05, 0) is 24.5 Å². The second-order valence-electron chi connectivity index (χ2n) is 8.71. The van der Waals surface area contributed by atoms with Crippen LogP contribution in [0.2, 0.25) is 0 Å². The number of aromatic amines is 1. The van der Waals surface area contributed by atoms with Crippen LogP contribution < -0.4 is 5.32 Å². The van der Waals surface area contributed by atoms with Crippen LogP contribution >= 0.6 is 0 Å². The highest BCUT2D eigenvalue weighted by atomic mass is 16.1. The predicted molar refractivity (Wildman–Crippen MR) is 119 cm³/mol. The maximum absolute atomic E-state index is 12.8. The molecule has 3 rings (SSSR count). The van der Waals surface area contributed by atoms with Crippen LogP contribution in [0.25, 0.3) is 22.4 Å². The zero-order chi connectivity index (χ0) is 21.0. The minimum atomic E-state index is -0.466. The molecular weight excluding hydrogens is 360 g/mol. The van der Waals surface area contributed by atoms with Gasteiger partial charge < -0.3 is 10.3 Å². The van der Waals surface area contributed by atoms with Crippen LogP contribution in [0.1, 0.15) is 69.8 Å². The van der Waals surface area contributed by atoms with Gasteiger partial charge in [0.15, 0.2) is 11.4 Å². The molecule has 2 heterocycles. The number of H-pyrrole nitrogens is 1. The maximum atomic E-state index is 12.8. The van der Waals surface area contributed by atoms with E-state index in [-0.39, 0.29) is 5.78 Å². The summed E-state index contributed by atoms with van der Waals surface area (Å²) >= 11 is 0. The first-order valence-corrected chi connectivity index (χ1v) is 10.5. The Bertz CT molecular complexity index is 984. The van der Waals surface area contributed by atoms with Crippen molar-refractivity contribution in [2.75, 3.05) is 0 Å². The molecule has 0 aliphatic heterocycles. The predicted octanol–water partition coefficient (Wildman–Crippen LogP) is 5.52. The molecule has 3 aromatic rings. The van der Waals surface area contributed by atoms with Crippen LogP contribution in [0, 0.1) is 5.41 Å². The molecule has 5 heteroatoms. The van der Waals surface area contributed by atoms with Crippen molar-refractivity contribution < 1.29 is 4.79 Å². The number of carbonyl (C=O) groups is 1. The molecule has 1 unspecified atom stereocenters. The fraction of sp³-hybridized carbons (Fsp3) is 0.458. The Morgan fingerprint density at radius 1 is 1.24 bits per heavy atom. The lowest BCUT2D eigenvalue weighted by atomic mass is 9.87. The Hall–Kier alpha value is -2.53. The van der Waals surface area contributed by atoms with Crippen molar-refractivity contribution in [3.63, 3.8) is 0 Å². The third-order valence-electron chi connectivity index (χ3n) is 5.25. The van der Waals surface area contributed by atoms with E-state index in [4.69, 9.17) is 4.98 Å². The summed E-state index contributed by atoms with van der Waals surface area (Å²) in [5, 5.41) is 3.65. The quantitative estimate of drug-likeness (QED) is 0.495. The molecule has 0 aliphatic carbocycles. The zero-order valence-corrected chi connectivity index (χ0v) is 18.2. The van der Waals surface area contributed by atoms with Crippen molar-refractivity contribution in [3.8, 4) is 11.3 Å². The highest BCUT2D eigenvalue weighted by Crippen LogP contribution is 2.27. The van der Waals surface area contributed by atoms with Gasteiger partial charge in [-0.1, -0.05) is 59.2 Å². The Labute approximate surface area is 173 Å². The van der Waals surface area contributed by atoms with Crippen LogP contribution in [0.4, 0.5) is 0 Å². The third-order valence-corrected chi connectivity index (χ3v) is 5.25. The number of carbonyl (C=O) groups excluding carboxylic acids is 1. The van der Waals surface area contributed by atoms with E-state index in [1.807, 2.05) is 26.8 Å². The summed E-state index contributed by atoms with van der Waals surface area (Å²) in [6, 6.07) is 8.93. The van der Waals surface area contributed by atoms with E-state index in [0.717, 1.165) is 24.2 Å². The molecule has 0 amide bonds. The van der Waals surface area contributed by atoms with E-state index in [1.165, 1.54) is 18.4 Å². The molecule has 2 N–H and O–H groups in total. The molecule has 29 heavy (non-hydrogen) atoms. The molecule has 1 atom stereocenters. The Morgan fingerprint density at radius 3 is 2.72 bits per heavy atom. The number of aromatic nitrogens is 3. The monoisotopic (exact) mass is 392 g/mol. The van der Waals surface area contributed by atoms with Crippen molar-refractivity contribution in [1.29, 1.82) is 0 Å². The second kappa shape index (κ2) is 8.87. The van der Waals surface area contributed by atoms with Crippen LogP contribution in [0.15, 0.2) is 36.7 Å². The number of benzene rings is 1. The molecule has 0 saturated heterocycles. The minimum Gasteiger partial charge on any atom is -0.344 e. The van der Waals surface area contributed by atoms with E-state index >= 15 is 0 Å². The van der Waals surface area contributed by atoms with E-state index in [9.17, 15) is 4.79 Å². The number of ketones is 1. The van der Waals surface area contributed by atoms with Crippen molar-refractivity contribution >= 4 is 16.9 Å². The number of hydrogen-bond acceptors (Lipinski definition) is 4. The topological polar surface area (TPSA) is 70.7 Å². The fourth-order valence-corrected chi connectivity index (χ4v) is 3.51. The standard InChI is InChI=1S/C24H32N4O/c1-6-9-18(7-2)25-13-16-10-8-11-17(12-16)20-15-27-23-21(28-20)19(14-26-23)22(29)24(3,4)5/h8,10-12,14-15,18,25H,6-7,9,13H2,1-5H3,(H,26,27). The average Bonchev–Trinajstić information content (AvgIpc) is 3.13. The molecule has 154 valence electrons. The minimum absolute atomic E-state index is 0.0645. The largest absolute Gasteiger partial charge is 0.344 e. The lowest BCUT2D eigenvalue weighted by Gasteiger charge is -2.16. The van der Waals surface area contributed by atoms with Gasteiger partial charge in [0.2, 0.25) is 0 Å². The van der Waals surface area contributed by atoms with Gasteiger partial charge in [0, 0.05) is 29.8 Å².